The quantitative estimate of drug-likeness (QED) is 0.514. The fourth-order valence-corrected chi connectivity index (χ4v) is 2.88. The molecule has 0 unspecified atom stereocenters. The number of hydrogen-bond acceptors (Lipinski definition) is 3. The Balaban J connectivity index is 1.84. The van der Waals surface area contributed by atoms with Crippen molar-refractivity contribution < 1.29 is 9.53 Å². The first-order chi connectivity index (χ1) is 12.5. The fourth-order valence-electron chi connectivity index (χ4n) is 2.88. The molecule has 0 amide bonds. The zero-order chi connectivity index (χ0) is 19.8. The van der Waals surface area contributed by atoms with Gasteiger partial charge >= 0.3 is 5.97 Å². The van der Waals surface area contributed by atoms with Gasteiger partial charge in [0.05, 0.1) is 0 Å². The van der Waals surface area contributed by atoms with Gasteiger partial charge in [0.1, 0.15) is 0 Å². The summed E-state index contributed by atoms with van der Waals surface area (Å²) in [6.45, 7) is 13.0. The molecule has 1 aliphatic heterocycles. The van der Waals surface area contributed by atoms with Crippen molar-refractivity contribution in [3.8, 4) is 0 Å². The Hall–Kier alpha value is -2.68. The van der Waals surface area contributed by atoms with Gasteiger partial charge in [-0.2, -0.15) is 0 Å². The fraction of sp³-hybridized carbons (Fsp3) is 0.333. The minimum Gasteiger partial charge on any atom is -0.402 e. The first-order valence-corrected chi connectivity index (χ1v) is 9.28. The van der Waals surface area contributed by atoms with Crippen LogP contribution in [0.25, 0.3) is 6.08 Å². The van der Waals surface area contributed by atoms with Gasteiger partial charge in [0.2, 0.25) is 5.90 Å². The predicted octanol–water partition coefficient (Wildman–Crippen LogP) is 5.63. The third-order valence-corrected chi connectivity index (χ3v) is 4.70. The number of ether oxygens (including phenoxy) is 1. The van der Waals surface area contributed by atoms with E-state index in [2.05, 4.69) is 70.8 Å². The van der Waals surface area contributed by atoms with Crippen LogP contribution in [-0.4, -0.2) is 11.9 Å². The Bertz CT molecular complexity index is 903. The minimum absolute atomic E-state index is 0.0803. The Morgan fingerprint density at radius 3 is 1.74 bits per heavy atom. The van der Waals surface area contributed by atoms with Gasteiger partial charge in [-0.05, 0) is 45.7 Å². The number of benzene rings is 2. The molecular weight excluding hydrogens is 334 g/mol. The third kappa shape index (κ3) is 4.36. The SMILES string of the molecule is CC(C)(C)c1ccc(C=C2N=C(c3ccc(C(C)(C)C)cc3)OC2=O)cc1. The third-order valence-electron chi connectivity index (χ3n) is 4.70. The van der Waals surface area contributed by atoms with Crippen LogP contribution in [0.5, 0.6) is 0 Å². The summed E-state index contributed by atoms with van der Waals surface area (Å²) in [5.41, 5.74) is 4.73. The minimum atomic E-state index is -0.412. The number of aliphatic imine (C=N–C) groups is 1. The van der Waals surface area contributed by atoms with E-state index >= 15 is 0 Å². The standard InChI is InChI=1S/C24H27NO2/c1-23(2,3)18-11-7-16(8-12-18)15-20-22(26)27-21(25-20)17-9-13-19(14-10-17)24(4,5)6/h7-15H,1-6H3. The van der Waals surface area contributed by atoms with Crippen LogP contribution in [0, 0.1) is 0 Å². The molecule has 0 aromatic heterocycles. The number of cyclic esters (lactones) is 1. The molecule has 1 heterocycles. The van der Waals surface area contributed by atoms with Gasteiger partial charge in [-0.3, -0.25) is 0 Å². The van der Waals surface area contributed by atoms with Crippen LogP contribution in [0.15, 0.2) is 59.2 Å². The summed E-state index contributed by atoms with van der Waals surface area (Å²) in [6.07, 6.45) is 1.77. The number of hydrogen-bond donors (Lipinski definition) is 0. The molecule has 27 heavy (non-hydrogen) atoms. The number of rotatable bonds is 2. The second-order valence-electron chi connectivity index (χ2n) is 9.04. The number of carbonyl (C=O) groups is 1. The lowest BCUT2D eigenvalue weighted by Gasteiger charge is -2.18. The van der Waals surface area contributed by atoms with E-state index in [0.717, 1.165) is 11.1 Å². The molecule has 3 heteroatoms. The van der Waals surface area contributed by atoms with Crippen molar-refractivity contribution >= 4 is 17.9 Å². The van der Waals surface area contributed by atoms with E-state index in [1.807, 2.05) is 24.3 Å². The lowest BCUT2D eigenvalue weighted by molar-refractivity contribution is -0.129. The Morgan fingerprint density at radius 2 is 1.26 bits per heavy atom. The molecule has 1 aliphatic rings. The van der Waals surface area contributed by atoms with E-state index in [1.54, 1.807) is 6.08 Å². The molecule has 2 aromatic carbocycles. The maximum Gasteiger partial charge on any atom is 0.363 e. The van der Waals surface area contributed by atoms with Crippen LogP contribution in [0.4, 0.5) is 0 Å². The Morgan fingerprint density at radius 1 is 0.778 bits per heavy atom. The molecule has 2 aromatic rings. The highest BCUT2D eigenvalue weighted by Gasteiger charge is 2.24. The van der Waals surface area contributed by atoms with Gasteiger partial charge in [-0.1, -0.05) is 77.9 Å². The number of nitrogens with zero attached hydrogens (tertiary/aromatic N) is 1. The van der Waals surface area contributed by atoms with Gasteiger partial charge in [0, 0.05) is 5.56 Å². The highest BCUT2D eigenvalue weighted by Crippen LogP contribution is 2.26. The highest BCUT2D eigenvalue weighted by atomic mass is 16.6. The first-order valence-electron chi connectivity index (χ1n) is 9.28. The van der Waals surface area contributed by atoms with E-state index in [9.17, 15) is 4.79 Å². The van der Waals surface area contributed by atoms with Crippen LogP contribution in [0.1, 0.15) is 63.8 Å². The summed E-state index contributed by atoms with van der Waals surface area (Å²) < 4.78 is 5.38. The number of carbonyl (C=O) groups excluding carboxylic acids is 1. The van der Waals surface area contributed by atoms with Crippen molar-refractivity contribution in [2.45, 2.75) is 52.4 Å². The van der Waals surface area contributed by atoms with Gasteiger partial charge in [0.15, 0.2) is 5.70 Å². The molecule has 0 spiro atoms. The maximum absolute atomic E-state index is 12.2. The van der Waals surface area contributed by atoms with E-state index < -0.39 is 5.97 Å². The largest absolute Gasteiger partial charge is 0.402 e. The molecule has 0 bridgehead atoms. The molecule has 3 rings (SSSR count). The van der Waals surface area contributed by atoms with Gasteiger partial charge in [-0.25, -0.2) is 9.79 Å². The highest BCUT2D eigenvalue weighted by molar-refractivity contribution is 6.12. The molecule has 140 valence electrons. The summed E-state index contributed by atoms with van der Waals surface area (Å²) in [4.78, 5) is 16.6. The summed E-state index contributed by atoms with van der Waals surface area (Å²) in [5, 5.41) is 0. The average molecular weight is 361 g/mol. The van der Waals surface area contributed by atoms with E-state index in [-0.39, 0.29) is 10.8 Å². The summed E-state index contributed by atoms with van der Waals surface area (Å²) in [6, 6.07) is 16.2. The lowest BCUT2D eigenvalue weighted by atomic mass is 9.86. The van der Waals surface area contributed by atoms with Crippen LogP contribution < -0.4 is 0 Å². The van der Waals surface area contributed by atoms with Crippen molar-refractivity contribution in [3.63, 3.8) is 0 Å². The Kier molecular flexibility index (Phi) is 4.81. The average Bonchev–Trinajstić information content (AvgIpc) is 2.95. The molecule has 0 aliphatic carbocycles. The monoisotopic (exact) mass is 361 g/mol. The predicted molar refractivity (Wildman–Crippen MR) is 111 cm³/mol. The molecule has 0 N–H and O–H groups in total. The van der Waals surface area contributed by atoms with Crippen LogP contribution in [0.2, 0.25) is 0 Å². The zero-order valence-electron chi connectivity index (χ0n) is 17.0. The molecule has 0 fully saturated rings. The zero-order valence-corrected chi connectivity index (χ0v) is 17.0. The second-order valence-corrected chi connectivity index (χ2v) is 9.04. The van der Waals surface area contributed by atoms with Crippen molar-refractivity contribution in [1.82, 2.24) is 0 Å². The van der Waals surface area contributed by atoms with E-state index in [0.29, 0.717) is 11.6 Å². The first kappa shape index (κ1) is 19.1. The van der Waals surface area contributed by atoms with Gasteiger partial charge in [0.25, 0.3) is 0 Å². The van der Waals surface area contributed by atoms with E-state index in [1.165, 1.54) is 11.1 Å². The topological polar surface area (TPSA) is 38.7 Å². The Labute approximate surface area is 161 Å². The summed E-state index contributed by atoms with van der Waals surface area (Å²) in [5.74, 6) is -0.0529. The normalized spacial score (nSPS) is 16.4. The second kappa shape index (κ2) is 6.80. The van der Waals surface area contributed by atoms with Crippen molar-refractivity contribution in [1.29, 1.82) is 0 Å². The maximum atomic E-state index is 12.2. The van der Waals surface area contributed by atoms with Crippen molar-refractivity contribution in [2.24, 2.45) is 4.99 Å². The van der Waals surface area contributed by atoms with Crippen LogP contribution in [0.3, 0.4) is 0 Å². The molecule has 0 radical (unpaired) electrons. The van der Waals surface area contributed by atoms with Crippen LogP contribution >= 0.6 is 0 Å². The van der Waals surface area contributed by atoms with Crippen molar-refractivity contribution in [2.75, 3.05) is 0 Å². The van der Waals surface area contributed by atoms with E-state index in [4.69, 9.17) is 4.74 Å². The van der Waals surface area contributed by atoms with Crippen LogP contribution in [-0.2, 0) is 20.4 Å². The molecule has 3 nitrogen and oxygen atoms in total. The molecule has 0 saturated heterocycles. The smallest absolute Gasteiger partial charge is 0.363 e. The molecular formula is C24H27NO2. The molecule has 0 saturated carbocycles. The summed E-state index contributed by atoms with van der Waals surface area (Å²) in [7, 11) is 0. The summed E-state index contributed by atoms with van der Waals surface area (Å²) >= 11 is 0. The van der Waals surface area contributed by atoms with Gasteiger partial charge in [-0.15, -0.1) is 0 Å². The van der Waals surface area contributed by atoms with Crippen molar-refractivity contribution in [3.05, 3.63) is 76.5 Å². The molecule has 0 atom stereocenters. The lowest BCUT2D eigenvalue weighted by Crippen LogP contribution is -2.11. The van der Waals surface area contributed by atoms with Gasteiger partial charge < -0.3 is 4.74 Å². The number of esters is 1.